The quantitative estimate of drug-likeness (QED) is 0.210. The molecular weight excluding hydrogens is 557 g/mol. The largest absolute Gasteiger partial charge is 0.395 e. The van der Waals surface area contributed by atoms with Crippen molar-refractivity contribution in [2.45, 2.75) is 13.6 Å². The molecule has 0 spiro atoms. The number of aliphatic hydroxyl groups is 1. The lowest BCUT2D eigenvalue weighted by Gasteiger charge is -2.36. The van der Waals surface area contributed by atoms with Gasteiger partial charge in [0.25, 0.3) is 11.8 Å². The van der Waals surface area contributed by atoms with Gasteiger partial charge >= 0.3 is 0 Å². The number of nitrogens with zero attached hydrogens (tertiary/aromatic N) is 4. The van der Waals surface area contributed by atoms with Crippen molar-refractivity contribution in [2.24, 2.45) is 0 Å². The zero-order valence-electron chi connectivity index (χ0n) is 23.1. The van der Waals surface area contributed by atoms with Gasteiger partial charge in [-0.05, 0) is 60.5 Å². The van der Waals surface area contributed by atoms with Crippen molar-refractivity contribution in [1.29, 1.82) is 0 Å². The fourth-order valence-electron chi connectivity index (χ4n) is 4.64. The van der Waals surface area contributed by atoms with Crippen LogP contribution >= 0.6 is 11.3 Å². The third kappa shape index (κ3) is 7.27. The Morgan fingerprint density at radius 1 is 1.00 bits per heavy atom. The number of rotatable bonds is 10. The summed E-state index contributed by atoms with van der Waals surface area (Å²) in [5, 5.41) is 18.6. The number of carbonyl (C=O) groups is 2. The van der Waals surface area contributed by atoms with E-state index < -0.39 is 6.67 Å². The number of benzene rings is 2. The third-order valence-corrected chi connectivity index (χ3v) is 7.83. The maximum atomic E-state index is 13.7. The van der Waals surface area contributed by atoms with Crippen LogP contribution in [0.4, 0.5) is 32.4 Å². The van der Waals surface area contributed by atoms with Crippen molar-refractivity contribution < 1.29 is 19.1 Å². The van der Waals surface area contributed by atoms with E-state index >= 15 is 0 Å². The number of nitrogens with one attached hydrogen (secondary N) is 3. The molecule has 4 aromatic rings. The first kappa shape index (κ1) is 29.1. The summed E-state index contributed by atoms with van der Waals surface area (Å²) in [5.41, 5.74) is 3.42. The number of aromatic nitrogens is 2. The Morgan fingerprint density at radius 3 is 2.57 bits per heavy atom. The van der Waals surface area contributed by atoms with Gasteiger partial charge < -0.3 is 26.0 Å². The predicted octanol–water partition coefficient (Wildman–Crippen LogP) is 4.68. The highest BCUT2D eigenvalue weighted by atomic mass is 32.1. The molecule has 1 aliphatic rings. The summed E-state index contributed by atoms with van der Waals surface area (Å²) in [6.07, 6.45) is 3.16. The summed E-state index contributed by atoms with van der Waals surface area (Å²) in [5.74, 6) is -0.0744. The molecule has 2 amide bonds. The van der Waals surface area contributed by atoms with Gasteiger partial charge in [-0.1, -0.05) is 23.5 Å². The van der Waals surface area contributed by atoms with E-state index in [-0.39, 0.29) is 18.4 Å². The number of thiazole rings is 1. The number of pyridine rings is 1. The Hall–Kier alpha value is -4.39. The summed E-state index contributed by atoms with van der Waals surface area (Å²) >= 11 is 1.20. The van der Waals surface area contributed by atoms with Crippen LogP contribution in [-0.2, 0) is 6.67 Å². The van der Waals surface area contributed by atoms with Crippen molar-refractivity contribution in [2.75, 3.05) is 60.2 Å². The van der Waals surface area contributed by atoms with Crippen LogP contribution in [0.5, 0.6) is 0 Å². The number of halogens is 1. The minimum Gasteiger partial charge on any atom is -0.395 e. The Balaban J connectivity index is 1.26. The number of aryl methyl sites for hydroxylation is 1. The van der Waals surface area contributed by atoms with E-state index in [0.29, 0.717) is 44.9 Å². The molecule has 1 saturated heterocycles. The number of aliphatic hydroxyl groups excluding tert-OH is 1. The SMILES string of the molecule is Cc1ccc(NC(=O)c2cc(CF)cc(N3CCN(CCO)CC3)c2)cc1NC(=O)c1cnc(Nc2ccccn2)s1. The van der Waals surface area contributed by atoms with Gasteiger partial charge in [0.1, 0.15) is 17.4 Å². The third-order valence-electron chi connectivity index (χ3n) is 6.92. The number of β-amino-alcohol motifs (C(OH)–C–C–N with tert-alkyl or cyclic N) is 1. The molecule has 2 aromatic carbocycles. The molecule has 2 aromatic heterocycles. The highest BCUT2D eigenvalue weighted by molar-refractivity contribution is 7.17. The van der Waals surface area contributed by atoms with Gasteiger partial charge in [0.05, 0.1) is 12.8 Å². The summed E-state index contributed by atoms with van der Waals surface area (Å²) in [6, 6.07) is 15.8. The number of amides is 2. The smallest absolute Gasteiger partial charge is 0.267 e. The van der Waals surface area contributed by atoms with E-state index in [0.717, 1.165) is 37.4 Å². The van der Waals surface area contributed by atoms with Crippen LogP contribution < -0.4 is 20.9 Å². The van der Waals surface area contributed by atoms with Gasteiger partial charge in [0, 0.05) is 61.5 Å². The number of anilines is 5. The monoisotopic (exact) mass is 589 g/mol. The van der Waals surface area contributed by atoms with Crippen molar-refractivity contribution in [3.05, 3.63) is 88.6 Å². The van der Waals surface area contributed by atoms with E-state index in [1.165, 1.54) is 17.5 Å². The number of piperazine rings is 1. The highest BCUT2D eigenvalue weighted by Crippen LogP contribution is 2.26. The molecule has 1 fully saturated rings. The number of carbonyl (C=O) groups excluding carboxylic acids is 2. The molecule has 0 radical (unpaired) electrons. The van der Waals surface area contributed by atoms with Gasteiger partial charge in [-0.3, -0.25) is 14.5 Å². The minimum atomic E-state index is -0.685. The minimum absolute atomic E-state index is 0.113. The fraction of sp³-hybridized carbons (Fsp3) is 0.267. The molecule has 0 unspecified atom stereocenters. The number of hydrogen-bond acceptors (Lipinski definition) is 9. The lowest BCUT2D eigenvalue weighted by molar-refractivity contribution is 0.102. The standard InChI is InChI=1S/C30H32FN7O3S/c1-20-5-6-23(17-25(20)35-29(41)26-19-33-30(42-26)36-27-4-2-3-7-32-27)34-28(40)22-14-21(18-31)15-24(16-22)38-10-8-37(9-11-38)12-13-39/h2-7,14-17,19,39H,8-13,18H2,1H3,(H,34,40)(H,35,41)(H,32,33,36). The van der Waals surface area contributed by atoms with Crippen LogP contribution in [0.3, 0.4) is 0 Å². The molecule has 0 bridgehead atoms. The average molecular weight is 590 g/mol. The molecule has 4 N–H and O–H groups in total. The Bertz CT molecular complexity index is 1540. The van der Waals surface area contributed by atoms with E-state index in [2.05, 4.69) is 35.7 Å². The normalized spacial score (nSPS) is 13.5. The maximum Gasteiger partial charge on any atom is 0.267 e. The van der Waals surface area contributed by atoms with Crippen LogP contribution in [0.15, 0.2) is 67.0 Å². The molecule has 12 heteroatoms. The molecule has 1 aliphatic heterocycles. The maximum absolute atomic E-state index is 13.7. The van der Waals surface area contributed by atoms with Crippen LogP contribution in [-0.4, -0.2) is 71.1 Å². The van der Waals surface area contributed by atoms with Crippen molar-refractivity contribution in [3.8, 4) is 0 Å². The Morgan fingerprint density at radius 2 is 1.83 bits per heavy atom. The van der Waals surface area contributed by atoms with Crippen LogP contribution in [0.2, 0.25) is 0 Å². The van der Waals surface area contributed by atoms with Gasteiger partial charge in [0.2, 0.25) is 0 Å². The van der Waals surface area contributed by atoms with Gasteiger partial charge in [-0.25, -0.2) is 14.4 Å². The fourth-order valence-corrected chi connectivity index (χ4v) is 5.36. The van der Waals surface area contributed by atoms with Crippen molar-refractivity contribution >= 4 is 51.2 Å². The van der Waals surface area contributed by atoms with Crippen molar-refractivity contribution in [1.82, 2.24) is 14.9 Å². The van der Waals surface area contributed by atoms with E-state index in [1.807, 2.05) is 19.1 Å². The summed E-state index contributed by atoms with van der Waals surface area (Å²) in [4.78, 5) is 39.4. The molecule has 0 aliphatic carbocycles. The second-order valence-corrected chi connectivity index (χ2v) is 10.9. The van der Waals surface area contributed by atoms with Gasteiger partial charge in [0.15, 0.2) is 5.13 Å². The first-order valence-electron chi connectivity index (χ1n) is 13.6. The number of alkyl halides is 1. The molecule has 3 heterocycles. The second kappa shape index (κ2) is 13.5. The first-order valence-corrected chi connectivity index (χ1v) is 14.4. The van der Waals surface area contributed by atoms with Crippen LogP contribution in [0.1, 0.15) is 31.2 Å². The predicted molar refractivity (Wildman–Crippen MR) is 164 cm³/mol. The topological polar surface area (TPSA) is 123 Å². The van der Waals surface area contributed by atoms with Crippen molar-refractivity contribution in [3.63, 3.8) is 0 Å². The van der Waals surface area contributed by atoms with E-state index in [9.17, 15) is 19.1 Å². The zero-order chi connectivity index (χ0) is 29.5. The summed E-state index contributed by atoms with van der Waals surface area (Å²) in [6.45, 7) is 4.92. The molecule has 0 saturated carbocycles. The van der Waals surface area contributed by atoms with Crippen LogP contribution in [0, 0.1) is 6.92 Å². The second-order valence-electron chi connectivity index (χ2n) is 9.88. The van der Waals surface area contributed by atoms with Gasteiger partial charge in [-0.2, -0.15) is 0 Å². The molecule has 42 heavy (non-hydrogen) atoms. The lowest BCUT2D eigenvalue weighted by Crippen LogP contribution is -2.47. The first-order chi connectivity index (χ1) is 20.4. The average Bonchev–Trinajstić information content (AvgIpc) is 3.48. The summed E-state index contributed by atoms with van der Waals surface area (Å²) in [7, 11) is 0. The molecule has 0 atom stereocenters. The Labute approximate surface area is 247 Å². The van der Waals surface area contributed by atoms with E-state index in [4.69, 9.17) is 0 Å². The summed E-state index contributed by atoms with van der Waals surface area (Å²) < 4.78 is 13.7. The van der Waals surface area contributed by atoms with E-state index in [1.54, 1.807) is 48.7 Å². The molecule has 10 nitrogen and oxygen atoms in total. The van der Waals surface area contributed by atoms with Crippen LogP contribution in [0.25, 0.3) is 0 Å². The zero-order valence-corrected chi connectivity index (χ0v) is 24.0. The molecular formula is C30H32FN7O3S. The Kier molecular flexibility index (Phi) is 9.37. The molecule has 218 valence electrons. The molecule has 5 rings (SSSR count). The highest BCUT2D eigenvalue weighted by Gasteiger charge is 2.19. The number of hydrogen-bond donors (Lipinski definition) is 4. The lowest BCUT2D eigenvalue weighted by atomic mass is 10.1. The van der Waals surface area contributed by atoms with Gasteiger partial charge in [-0.15, -0.1) is 0 Å².